The standard InChI is InChI=1S/C14H18N2O/c1-10(2)11-3-5-12(6-4-11)14-13(7-8-15)9-17-16-14/h3-6,9-10H,7-8,15H2,1-2H3. The largest absolute Gasteiger partial charge is 0.364 e. The van der Waals surface area contributed by atoms with Gasteiger partial charge in [0.05, 0.1) is 0 Å². The van der Waals surface area contributed by atoms with Crippen LogP contribution in [0.4, 0.5) is 0 Å². The van der Waals surface area contributed by atoms with Crippen molar-refractivity contribution in [1.29, 1.82) is 0 Å². The van der Waals surface area contributed by atoms with Gasteiger partial charge in [0.1, 0.15) is 12.0 Å². The Kier molecular flexibility index (Phi) is 3.59. The summed E-state index contributed by atoms with van der Waals surface area (Å²) in [5, 5.41) is 4.05. The highest BCUT2D eigenvalue weighted by atomic mass is 16.5. The van der Waals surface area contributed by atoms with Crippen molar-refractivity contribution in [2.24, 2.45) is 5.73 Å². The van der Waals surface area contributed by atoms with E-state index in [1.807, 2.05) is 0 Å². The van der Waals surface area contributed by atoms with E-state index in [0.717, 1.165) is 23.2 Å². The highest BCUT2D eigenvalue weighted by Gasteiger charge is 2.09. The van der Waals surface area contributed by atoms with Crippen LogP contribution in [0.25, 0.3) is 11.3 Å². The molecule has 0 radical (unpaired) electrons. The third-order valence-corrected chi connectivity index (χ3v) is 2.91. The molecule has 0 aliphatic rings. The number of rotatable bonds is 4. The molecule has 0 fully saturated rings. The lowest BCUT2D eigenvalue weighted by atomic mass is 9.99. The summed E-state index contributed by atoms with van der Waals surface area (Å²) in [5.41, 5.74) is 9.96. The van der Waals surface area contributed by atoms with Crippen molar-refractivity contribution in [2.45, 2.75) is 26.2 Å². The molecule has 2 N–H and O–H groups in total. The number of benzene rings is 1. The second-order valence-corrected chi connectivity index (χ2v) is 4.50. The molecular weight excluding hydrogens is 212 g/mol. The van der Waals surface area contributed by atoms with Crippen molar-refractivity contribution in [2.75, 3.05) is 6.54 Å². The molecule has 0 saturated heterocycles. The Hall–Kier alpha value is -1.61. The minimum atomic E-state index is 0.546. The van der Waals surface area contributed by atoms with E-state index in [-0.39, 0.29) is 0 Å². The molecule has 3 nitrogen and oxygen atoms in total. The SMILES string of the molecule is CC(C)c1ccc(-c2nocc2CCN)cc1. The Morgan fingerprint density at radius 3 is 2.53 bits per heavy atom. The Labute approximate surface area is 102 Å². The van der Waals surface area contributed by atoms with E-state index < -0.39 is 0 Å². The molecule has 2 aromatic rings. The van der Waals surface area contributed by atoms with Crippen LogP contribution in [0.3, 0.4) is 0 Å². The third-order valence-electron chi connectivity index (χ3n) is 2.91. The molecule has 0 amide bonds. The van der Waals surface area contributed by atoms with Gasteiger partial charge in [0.25, 0.3) is 0 Å². The van der Waals surface area contributed by atoms with Crippen LogP contribution in [0.5, 0.6) is 0 Å². The summed E-state index contributed by atoms with van der Waals surface area (Å²) in [6.45, 7) is 4.98. The summed E-state index contributed by atoms with van der Waals surface area (Å²) < 4.78 is 5.02. The third kappa shape index (κ3) is 2.56. The molecule has 0 atom stereocenters. The maximum Gasteiger partial charge on any atom is 0.127 e. The van der Waals surface area contributed by atoms with Crippen molar-refractivity contribution in [3.63, 3.8) is 0 Å². The van der Waals surface area contributed by atoms with Gasteiger partial charge in [-0.15, -0.1) is 0 Å². The molecule has 0 spiro atoms. The van der Waals surface area contributed by atoms with Crippen LogP contribution in [0.1, 0.15) is 30.9 Å². The summed E-state index contributed by atoms with van der Waals surface area (Å²) in [7, 11) is 0. The van der Waals surface area contributed by atoms with Crippen molar-refractivity contribution >= 4 is 0 Å². The number of hydrogen-bond donors (Lipinski definition) is 1. The van der Waals surface area contributed by atoms with Gasteiger partial charge in [0, 0.05) is 11.1 Å². The predicted octanol–water partition coefficient (Wildman–Crippen LogP) is 2.97. The van der Waals surface area contributed by atoms with Crippen LogP contribution in [0.15, 0.2) is 35.1 Å². The molecule has 1 aromatic carbocycles. The molecule has 1 heterocycles. The number of aromatic nitrogens is 1. The fraction of sp³-hybridized carbons (Fsp3) is 0.357. The zero-order chi connectivity index (χ0) is 12.3. The van der Waals surface area contributed by atoms with Crippen LogP contribution in [-0.4, -0.2) is 11.7 Å². The highest BCUT2D eigenvalue weighted by molar-refractivity contribution is 5.62. The van der Waals surface area contributed by atoms with Gasteiger partial charge in [-0.25, -0.2) is 0 Å². The second-order valence-electron chi connectivity index (χ2n) is 4.50. The number of hydrogen-bond acceptors (Lipinski definition) is 3. The van der Waals surface area contributed by atoms with Gasteiger partial charge >= 0.3 is 0 Å². The predicted molar refractivity (Wildman–Crippen MR) is 68.8 cm³/mol. The molecule has 0 unspecified atom stereocenters. The molecule has 0 bridgehead atoms. The summed E-state index contributed by atoms with van der Waals surface area (Å²) in [5.74, 6) is 0.546. The summed E-state index contributed by atoms with van der Waals surface area (Å²) in [4.78, 5) is 0. The van der Waals surface area contributed by atoms with E-state index in [4.69, 9.17) is 10.3 Å². The van der Waals surface area contributed by atoms with Gasteiger partial charge in [0.2, 0.25) is 0 Å². The molecule has 17 heavy (non-hydrogen) atoms. The van der Waals surface area contributed by atoms with Gasteiger partial charge in [-0.2, -0.15) is 0 Å². The molecule has 2 rings (SSSR count). The highest BCUT2D eigenvalue weighted by Crippen LogP contribution is 2.24. The molecule has 0 aliphatic carbocycles. The maximum atomic E-state index is 5.56. The lowest BCUT2D eigenvalue weighted by Crippen LogP contribution is -2.02. The van der Waals surface area contributed by atoms with E-state index in [1.54, 1.807) is 6.26 Å². The van der Waals surface area contributed by atoms with Gasteiger partial charge in [-0.05, 0) is 24.4 Å². The molecule has 3 heteroatoms. The summed E-state index contributed by atoms with van der Waals surface area (Å²) >= 11 is 0. The van der Waals surface area contributed by atoms with E-state index in [1.165, 1.54) is 5.56 Å². The first-order chi connectivity index (χ1) is 8.22. The Morgan fingerprint density at radius 1 is 1.24 bits per heavy atom. The van der Waals surface area contributed by atoms with Crippen molar-refractivity contribution < 1.29 is 4.52 Å². The van der Waals surface area contributed by atoms with E-state index in [0.29, 0.717) is 12.5 Å². The van der Waals surface area contributed by atoms with Crippen LogP contribution < -0.4 is 5.73 Å². The Balaban J connectivity index is 2.30. The fourth-order valence-corrected chi connectivity index (χ4v) is 1.85. The average molecular weight is 230 g/mol. The Morgan fingerprint density at radius 2 is 1.94 bits per heavy atom. The normalized spacial score (nSPS) is 11.1. The van der Waals surface area contributed by atoms with Gasteiger partial charge in [0.15, 0.2) is 0 Å². The van der Waals surface area contributed by atoms with Gasteiger partial charge in [-0.3, -0.25) is 0 Å². The molecule has 90 valence electrons. The Bertz CT molecular complexity index is 471. The quantitative estimate of drug-likeness (QED) is 0.878. The second kappa shape index (κ2) is 5.15. The summed E-state index contributed by atoms with van der Waals surface area (Å²) in [6, 6.07) is 8.46. The number of nitrogens with zero attached hydrogens (tertiary/aromatic N) is 1. The first kappa shape index (κ1) is 11.9. The molecule has 1 aromatic heterocycles. The van der Waals surface area contributed by atoms with Crippen molar-refractivity contribution in [3.8, 4) is 11.3 Å². The maximum absolute atomic E-state index is 5.56. The lowest BCUT2D eigenvalue weighted by Gasteiger charge is -2.06. The molecule has 0 saturated carbocycles. The zero-order valence-electron chi connectivity index (χ0n) is 10.3. The van der Waals surface area contributed by atoms with Crippen LogP contribution in [-0.2, 0) is 6.42 Å². The van der Waals surface area contributed by atoms with Crippen LogP contribution in [0.2, 0.25) is 0 Å². The topological polar surface area (TPSA) is 52.0 Å². The minimum Gasteiger partial charge on any atom is -0.364 e. The van der Waals surface area contributed by atoms with Crippen LogP contribution >= 0.6 is 0 Å². The van der Waals surface area contributed by atoms with Crippen molar-refractivity contribution in [1.82, 2.24) is 5.16 Å². The molecule has 0 aliphatic heterocycles. The minimum absolute atomic E-state index is 0.546. The van der Waals surface area contributed by atoms with Gasteiger partial charge < -0.3 is 10.3 Å². The monoisotopic (exact) mass is 230 g/mol. The zero-order valence-corrected chi connectivity index (χ0v) is 10.3. The van der Waals surface area contributed by atoms with Crippen LogP contribution in [0, 0.1) is 0 Å². The van der Waals surface area contributed by atoms with E-state index in [9.17, 15) is 0 Å². The fourth-order valence-electron chi connectivity index (χ4n) is 1.85. The smallest absolute Gasteiger partial charge is 0.127 e. The van der Waals surface area contributed by atoms with E-state index in [2.05, 4.69) is 43.3 Å². The lowest BCUT2D eigenvalue weighted by molar-refractivity contribution is 0.421. The van der Waals surface area contributed by atoms with Gasteiger partial charge in [-0.1, -0.05) is 43.3 Å². The first-order valence-corrected chi connectivity index (χ1v) is 5.96. The summed E-state index contributed by atoms with van der Waals surface area (Å²) in [6.07, 6.45) is 2.48. The van der Waals surface area contributed by atoms with Crippen molar-refractivity contribution in [3.05, 3.63) is 41.7 Å². The molecular formula is C14H18N2O. The van der Waals surface area contributed by atoms with E-state index >= 15 is 0 Å². The first-order valence-electron chi connectivity index (χ1n) is 5.96. The number of nitrogens with two attached hydrogens (primary N) is 1. The average Bonchev–Trinajstić information content (AvgIpc) is 2.78.